The lowest BCUT2D eigenvalue weighted by atomic mass is 10.2. The van der Waals surface area contributed by atoms with E-state index in [0.717, 1.165) is 0 Å². The molecule has 0 aliphatic carbocycles. The van der Waals surface area contributed by atoms with Crippen LogP contribution in [-0.2, 0) is 0 Å². The highest BCUT2D eigenvalue weighted by Crippen LogP contribution is 2.37. The molecule has 0 aliphatic rings. The van der Waals surface area contributed by atoms with Crippen LogP contribution >= 0.6 is 11.6 Å². The molecule has 0 radical (unpaired) electrons. The Bertz CT molecular complexity index is 207. The molecule has 0 amide bonds. The van der Waals surface area contributed by atoms with Crippen molar-refractivity contribution in [2.24, 2.45) is 0 Å². The average molecular weight is 231 g/mol. The quantitative estimate of drug-likeness (QED) is 0.650. The van der Waals surface area contributed by atoms with E-state index in [1.807, 2.05) is 0 Å². The molecule has 0 rings (SSSR count). The molecule has 0 saturated carbocycles. The van der Waals surface area contributed by atoms with E-state index >= 15 is 0 Å². The summed E-state index contributed by atoms with van der Waals surface area (Å²) in [6.45, 7) is 0. The zero-order valence-electron chi connectivity index (χ0n) is 5.68. The van der Waals surface area contributed by atoms with Crippen molar-refractivity contribution in [2.45, 2.75) is 18.5 Å². The van der Waals surface area contributed by atoms with Crippen molar-refractivity contribution in [1.29, 1.82) is 0 Å². The van der Waals surface area contributed by atoms with E-state index in [2.05, 4.69) is 11.6 Å². The van der Waals surface area contributed by atoms with Gasteiger partial charge in [-0.2, -0.15) is 13.2 Å². The molecule has 0 fully saturated rings. The first-order valence-electron chi connectivity index (χ1n) is 2.72. The highest BCUT2D eigenvalue weighted by atomic mass is 35.5. The number of halogens is 8. The zero-order chi connectivity index (χ0) is 10.8. The first-order chi connectivity index (χ1) is 5.71. The zero-order valence-corrected chi connectivity index (χ0v) is 6.43. The van der Waals surface area contributed by atoms with Crippen LogP contribution in [-0.4, -0.2) is 18.5 Å². The molecule has 0 aromatic carbocycles. The summed E-state index contributed by atoms with van der Waals surface area (Å²) in [5.74, 6) is -8.29. The van der Waals surface area contributed by atoms with Crippen molar-refractivity contribution in [3.8, 4) is 0 Å². The van der Waals surface area contributed by atoms with Crippen LogP contribution in [0.3, 0.4) is 0 Å². The van der Waals surface area contributed by atoms with Crippen LogP contribution in [0.4, 0.5) is 30.7 Å². The summed E-state index contributed by atoms with van der Waals surface area (Å²) < 4.78 is 82.3. The third-order valence-electron chi connectivity index (χ3n) is 1.03. The van der Waals surface area contributed by atoms with Gasteiger partial charge in [0.25, 0.3) is 6.43 Å². The molecule has 78 valence electrons. The van der Waals surface area contributed by atoms with Gasteiger partial charge in [0, 0.05) is 0 Å². The predicted molar refractivity (Wildman–Crippen MR) is 30.9 cm³/mol. The normalized spacial score (nSPS) is 17.3. The summed E-state index contributed by atoms with van der Waals surface area (Å²) >= 11 is 4.11. The Hall–Kier alpha value is -0.460. The van der Waals surface area contributed by atoms with E-state index in [1.165, 1.54) is 0 Å². The molecule has 0 nitrogen and oxygen atoms in total. The van der Waals surface area contributed by atoms with Crippen molar-refractivity contribution in [3.05, 3.63) is 11.1 Å². The lowest BCUT2D eigenvalue weighted by molar-refractivity contribution is -0.114. The minimum Gasteiger partial charge on any atom is -0.234 e. The maximum absolute atomic E-state index is 12.1. The molecule has 0 bridgehead atoms. The fourth-order valence-corrected chi connectivity index (χ4v) is 0.531. The second kappa shape index (κ2) is 4.17. The van der Waals surface area contributed by atoms with Crippen LogP contribution in [0.5, 0.6) is 0 Å². The molecular formula is C5H2ClF7. The van der Waals surface area contributed by atoms with Crippen LogP contribution in [0.15, 0.2) is 11.1 Å². The van der Waals surface area contributed by atoms with E-state index in [4.69, 9.17) is 0 Å². The van der Waals surface area contributed by atoms with E-state index < -0.39 is 29.6 Å². The smallest absolute Gasteiger partial charge is 0.234 e. The van der Waals surface area contributed by atoms with Gasteiger partial charge in [-0.3, -0.25) is 0 Å². The van der Waals surface area contributed by atoms with Crippen LogP contribution in [0.2, 0.25) is 0 Å². The lowest BCUT2D eigenvalue weighted by Crippen LogP contribution is -2.36. The summed E-state index contributed by atoms with van der Waals surface area (Å²) in [5.41, 5.74) is 0. The summed E-state index contributed by atoms with van der Waals surface area (Å²) in [6.07, 6.45) is -8.26. The molecule has 0 spiro atoms. The maximum atomic E-state index is 12.1. The maximum Gasteiger partial charge on any atom is 0.338 e. The monoisotopic (exact) mass is 230 g/mol. The Morgan fingerprint density at radius 2 is 1.46 bits per heavy atom. The van der Waals surface area contributed by atoms with Gasteiger partial charge in [0.15, 0.2) is 0 Å². The molecule has 1 atom stereocenters. The first kappa shape index (κ1) is 12.5. The Kier molecular flexibility index (Phi) is 4.02. The highest BCUT2D eigenvalue weighted by molar-refractivity contribution is 6.28. The second-order valence-electron chi connectivity index (χ2n) is 1.93. The first-order valence-corrected chi connectivity index (χ1v) is 3.10. The number of alkyl halides is 5. The van der Waals surface area contributed by atoms with E-state index in [1.54, 1.807) is 0 Å². The number of hydrogen-bond acceptors (Lipinski definition) is 0. The molecule has 0 aromatic rings. The molecule has 8 heteroatoms. The Labute approximate surface area is 73.0 Å². The molecular weight excluding hydrogens is 228 g/mol. The highest BCUT2D eigenvalue weighted by Gasteiger charge is 2.51. The Morgan fingerprint density at radius 3 is 1.69 bits per heavy atom. The fraction of sp³-hybridized carbons (Fsp3) is 0.600. The Balaban J connectivity index is 4.86. The molecule has 0 saturated heterocycles. The van der Waals surface area contributed by atoms with Gasteiger partial charge in [0.05, 0.1) is 0 Å². The minimum absolute atomic E-state index is 2.55. The molecule has 0 aliphatic heterocycles. The van der Waals surface area contributed by atoms with Crippen LogP contribution in [0.25, 0.3) is 0 Å². The Morgan fingerprint density at radius 1 is 1.08 bits per heavy atom. The van der Waals surface area contributed by atoms with E-state index in [0.29, 0.717) is 0 Å². The van der Waals surface area contributed by atoms with Crippen molar-refractivity contribution in [2.75, 3.05) is 0 Å². The molecule has 0 heterocycles. The summed E-state index contributed by atoms with van der Waals surface area (Å²) in [6, 6.07) is 0. The van der Waals surface area contributed by atoms with Gasteiger partial charge in [-0.25, -0.2) is 17.6 Å². The molecule has 1 unspecified atom stereocenters. The number of rotatable bonds is 3. The topological polar surface area (TPSA) is 0 Å². The number of allylic oxidation sites excluding steroid dienone is 1. The van der Waals surface area contributed by atoms with Gasteiger partial charge in [0.2, 0.25) is 17.3 Å². The van der Waals surface area contributed by atoms with Crippen LogP contribution < -0.4 is 0 Å². The second-order valence-corrected chi connectivity index (χ2v) is 2.27. The van der Waals surface area contributed by atoms with Crippen molar-refractivity contribution < 1.29 is 30.7 Å². The fourth-order valence-electron chi connectivity index (χ4n) is 0.405. The summed E-state index contributed by atoms with van der Waals surface area (Å²) in [4.78, 5) is 0. The largest absolute Gasteiger partial charge is 0.338 e. The van der Waals surface area contributed by atoms with Gasteiger partial charge in [-0.05, 0) is 11.6 Å². The predicted octanol–water partition coefficient (Wildman–Crippen LogP) is 3.57. The van der Waals surface area contributed by atoms with Crippen LogP contribution in [0.1, 0.15) is 0 Å². The minimum atomic E-state index is -5.25. The third-order valence-corrected chi connectivity index (χ3v) is 1.19. The van der Waals surface area contributed by atoms with E-state index in [-0.39, 0.29) is 0 Å². The van der Waals surface area contributed by atoms with Crippen LogP contribution in [0, 0.1) is 0 Å². The third kappa shape index (κ3) is 2.75. The van der Waals surface area contributed by atoms with Crippen molar-refractivity contribution >= 4 is 11.6 Å². The number of hydrogen-bond donors (Lipinski definition) is 0. The SMILES string of the molecule is FC(Cl)=C(F)C(F)(F)C(F)C(F)F. The van der Waals surface area contributed by atoms with Crippen molar-refractivity contribution in [3.63, 3.8) is 0 Å². The molecule has 0 aromatic heterocycles. The summed E-state index contributed by atoms with van der Waals surface area (Å²) in [7, 11) is 0. The molecule has 0 N–H and O–H groups in total. The van der Waals surface area contributed by atoms with Gasteiger partial charge < -0.3 is 0 Å². The van der Waals surface area contributed by atoms with Gasteiger partial charge in [-0.1, -0.05) is 0 Å². The average Bonchev–Trinajstić information content (AvgIpc) is 2.01. The molecule has 13 heavy (non-hydrogen) atoms. The summed E-state index contributed by atoms with van der Waals surface area (Å²) in [5, 5.41) is -2.55. The van der Waals surface area contributed by atoms with Gasteiger partial charge in [-0.15, -0.1) is 0 Å². The lowest BCUT2D eigenvalue weighted by Gasteiger charge is -2.17. The van der Waals surface area contributed by atoms with Gasteiger partial charge >= 0.3 is 5.92 Å². The van der Waals surface area contributed by atoms with E-state index in [9.17, 15) is 30.7 Å². The van der Waals surface area contributed by atoms with Gasteiger partial charge in [0.1, 0.15) is 0 Å². The standard InChI is InChI=1S/C5H2ClF7/c6-3(9)1(7)5(12,13)2(8)4(10)11/h2,4H. The van der Waals surface area contributed by atoms with Crippen molar-refractivity contribution in [1.82, 2.24) is 0 Å².